The Morgan fingerprint density at radius 2 is 2.00 bits per heavy atom. The van der Waals surface area contributed by atoms with E-state index in [-0.39, 0.29) is 5.57 Å². The smallest absolute Gasteiger partial charge is 0.266 e. The molecule has 3 nitrogen and oxygen atoms in total. The lowest BCUT2D eigenvalue weighted by atomic mass is 10.1. The molecule has 1 N–H and O–H groups in total. The van der Waals surface area contributed by atoms with Crippen molar-refractivity contribution in [3.8, 4) is 6.07 Å². The van der Waals surface area contributed by atoms with E-state index in [1.807, 2.05) is 18.2 Å². The monoisotopic (exact) mass is 394 g/mol. The summed E-state index contributed by atoms with van der Waals surface area (Å²) in [5.74, 6) is -0.535. The van der Waals surface area contributed by atoms with Gasteiger partial charge in [0.1, 0.15) is 11.6 Å². The van der Waals surface area contributed by atoms with Crippen molar-refractivity contribution >= 4 is 56.8 Å². The summed E-state index contributed by atoms with van der Waals surface area (Å²) in [6, 6.07) is 13.9. The molecule has 0 bridgehead atoms. The van der Waals surface area contributed by atoms with Crippen LogP contribution in [0, 0.1) is 11.3 Å². The number of benzene rings is 2. The average Bonchev–Trinajstić information content (AvgIpc) is 2.47. The topological polar surface area (TPSA) is 52.9 Å². The molecule has 0 aliphatic rings. The Morgan fingerprint density at radius 3 is 2.64 bits per heavy atom. The highest BCUT2D eigenvalue weighted by Gasteiger charge is 2.11. The van der Waals surface area contributed by atoms with Crippen LogP contribution in [0.1, 0.15) is 5.56 Å². The van der Waals surface area contributed by atoms with E-state index < -0.39 is 5.91 Å². The van der Waals surface area contributed by atoms with Crippen molar-refractivity contribution in [1.29, 1.82) is 5.26 Å². The summed E-state index contributed by atoms with van der Waals surface area (Å²) in [7, 11) is 0. The Hall–Kier alpha value is -1.80. The van der Waals surface area contributed by atoms with Gasteiger partial charge in [-0.05, 0) is 42.0 Å². The molecule has 0 aliphatic carbocycles. The maximum absolute atomic E-state index is 12.2. The van der Waals surface area contributed by atoms with Gasteiger partial charge in [0.15, 0.2) is 0 Å². The van der Waals surface area contributed by atoms with Gasteiger partial charge in [0.25, 0.3) is 5.91 Å². The van der Waals surface area contributed by atoms with Crippen molar-refractivity contribution in [3.05, 3.63) is 68.1 Å². The number of amides is 1. The van der Waals surface area contributed by atoms with Crippen molar-refractivity contribution < 1.29 is 4.79 Å². The summed E-state index contributed by atoms with van der Waals surface area (Å²) in [4.78, 5) is 12.2. The first-order valence-electron chi connectivity index (χ1n) is 6.13. The quantitative estimate of drug-likeness (QED) is 0.566. The molecule has 0 atom stereocenters. The van der Waals surface area contributed by atoms with Gasteiger partial charge in [-0.15, -0.1) is 0 Å². The molecule has 2 aromatic carbocycles. The van der Waals surface area contributed by atoms with Crippen LogP contribution in [0.4, 0.5) is 5.69 Å². The van der Waals surface area contributed by atoms with E-state index in [0.717, 1.165) is 10.0 Å². The van der Waals surface area contributed by atoms with Crippen LogP contribution in [0.25, 0.3) is 6.08 Å². The van der Waals surface area contributed by atoms with Crippen LogP contribution < -0.4 is 5.32 Å². The summed E-state index contributed by atoms with van der Waals surface area (Å²) >= 11 is 15.1. The summed E-state index contributed by atoms with van der Waals surface area (Å²) in [5.41, 5.74) is 1.11. The van der Waals surface area contributed by atoms with Crippen LogP contribution in [0.15, 0.2) is 52.5 Å². The predicted molar refractivity (Wildman–Crippen MR) is 92.8 cm³/mol. The molecule has 0 aliphatic heterocycles. The fraction of sp³-hybridized carbons (Fsp3) is 0. The van der Waals surface area contributed by atoms with Crippen LogP contribution in [-0.2, 0) is 4.79 Å². The van der Waals surface area contributed by atoms with E-state index in [9.17, 15) is 10.1 Å². The third-order valence-corrected chi connectivity index (χ3v) is 3.75. The third kappa shape index (κ3) is 4.35. The van der Waals surface area contributed by atoms with Gasteiger partial charge < -0.3 is 5.32 Å². The molecule has 0 aromatic heterocycles. The second-order valence-electron chi connectivity index (χ2n) is 4.30. The number of nitriles is 1. The van der Waals surface area contributed by atoms with Gasteiger partial charge >= 0.3 is 0 Å². The molecule has 110 valence electrons. The summed E-state index contributed by atoms with van der Waals surface area (Å²) in [6.45, 7) is 0. The molecule has 0 spiro atoms. The van der Waals surface area contributed by atoms with Crippen molar-refractivity contribution in [2.24, 2.45) is 0 Å². The zero-order chi connectivity index (χ0) is 16.1. The highest BCUT2D eigenvalue weighted by molar-refractivity contribution is 9.10. The zero-order valence-electron chi connectivity index (χ0n) is 11.1. The Bertz CT molecular complexity index is 797. The lowest BCUT2D eigenvalue weighted by Crippen LogP contribution is -2.13. The minimum absolute atomic E-state index is 0.0240. The summed E-state index contributed by atoms with van der Waals surface area (Å²) in [5, 5.41) is 12.5. The number of carbonyl (C=O) groups excluding carboxylic acids is 1. The summed E-state index contributed by atoms with van der Waals surface area (Å²) in [6.07, 6.45) is 1.50. The van der Waals surface area contributed by atoms with Crippen molar-refractivity contribution in [2.45, 2.75) is 0 Å². The van der Waals surface area contributed by atoms with E-state index in [0.29, 0.717) is 15.7 Å². The normalized spacial score (nSPS) is 10.9. The molecule has 2 aromatic rings. The Balaban J connectivity index is 2.24. The highest BCUT2D eigenvalue weighted by atomic mass is 79.9. The van der Waals surface area contributed by atoms with E-state index in [1.165, 1.54) is 12.1 Å². The van der Waals surface area contributed by atoms with Gasteiger partial charge in [-0.2, -0.15) is 5.26 Å². The number of nitrogens with zero attached hydrogens (tertiary/aromatic N) is 1. The van der Waals surface area contributed by atoms with Crippen molar-refractivity contribution in [3.63, 3.8) is 0 Å². The SMILES string of the molecule is N#CC(=Cc1cccc(Br)c1)C(=O)Nc1ccc(Cl)cc1Cl. The largest absolute Gasteiger partial charge is 0.320 e. The number of hydrogen-bond donors (Lipinski definition) is 1. The molecule has 0 saturated carbocycles. The minimum Gasteiger partial charge on any atom is -0.320 e. The highest BCUT2D eigenvalue weighted by Crippen LogP contribution is 2.26. The van der Waals surface area contributed by atoms with Crippen LogP contribution in [-0.4, -0.2) is 5.91 Å². The van der Waals surface area contributed by atoms with E-state index in [1.54, 1.807) is 24.3 Å². The molecule has 0 radical (unpaired) electrons. The molecule has 2 rings (SSSR count). The number of nitrogens with one attached hydrogen (secondary N) is 1. The first kappa shape index (κ1) is 16.6. The van der Waals surface area contributed by atoms with E-state index in [2.05, 4.69) is 21.2 Å². The van der Waals surface area contributed by atoms with Gasteiger partial charge in [0, 0.05) is 9.50 Å². The van der Waals surface area contributed by atoms with E-state index in [4.69, 9.17) is 23.2 Å². The standard InChI is InChI=1S/C16H9BrCl2N2O/c17-12-3-1-2-10(7-12)6-11(9-20)16(22)21-15-5-4-13(18)8-14(15)19/h1-8H,(H,21,22). The molecular formula is C16H9BrCl2N2O. The Labute approximate surface area is 146 Å². The molecule has 0 fully saturated rings. The summed E-state index contributed by atoms with van der Waals surface area (Å²) < 4.78 is 0.861. The fourth-order valence-electron chi connectivity index (χ4n) is 1.69. The number of anilines is 1. The van der Waals surface area contributed by atoms with Crippen molar-refractivity contribution in [2.75, 3.05) is 5.32 Å². The van der Waals surface area contributed by atoms with E-state index >= 15 is 0 Å². The van der Waals surface area contributed by atoms with Crippen LogP contribution >= 0.6 is 39.1 Å². The van der Waals surface area contributed by atoms with Crippen LogP contribution in [0.5, 0.6) is 0 Å². The first-order chi connectivity index (χ1) is 10.5. The number of carbonyl (C=O) groups is 1. The van der Waals surface area contributed by atoms with Gasteiger partial charge in [0.2, 0.25) is 0 Å². The number of rotatable bonds is 3. The minimum atomic E-state index is -0.535. The number of hydrogen-bond acceptors (Lipinski definition) is 2. The Morgan fingerprint density at radius 1 is 1.23 bits per heavy atom. The van der Waals surface area contributed by atoms with Crippen LogP contribution in [0.2, 0.25) is 10.0 Å². The molecule has 0 unspecified atom stereocenters. The molecular weight excluding hydrogens is 387 g/mol. The average molecular weight is 396 g/mol. The Kier molecular flexibility index (Phi) is 5.62. The van der Waals surface area contributed by atoms with Gasteiger partial charge in [0.05, 0.1) is 10.7 Å². The second kappa shape index (κ2) is 7.46. The fourth-order valence-corrected chi connectivity index (χ4v) is 2.56. The van der Waals surface area contributed by atoms with Gasteiger partial charge in [-0.1, -0.05) is 51.3 Å². The van der Waals surface area contributed by atoms with Crippen LogP contribution in [0.3, 0.4) is 0 Å². The lowest BCUT2D eigenvalue weighted by molar-refractivity contribution is -0.112. The third-order valence-electron chi connectivity index (χ3n) is 2.70. The maximum Gasteiger partial charge on any atom is 0.266 e. The maximum atomic E-state index is 12.2. The van der Waals surface area contributed by atoms with Gasteiger partial charge in [-0.3, -0.25) is 4.79 Å². The van der Waals surface area contributed by atoms with Crippen molar-refractivity contribution in [1.82, 2.24) is 0 Å². The number of halogens is 3. The lowest BCUT2D eigenvalue weighted by Gasteiger charge is -2.07. The zero-order valence-corrected chi connectivity index (χ0v) is 14.2. The molecule has 1 amide bonds. The predicted octanol–water partition coefficient (Wildman–Crippen LogP) is 5.30. The first-order valence-corrected chi connectivity index (χ1v) is 7.68. The molecule has 22 heavy (non-hydrogen) atoms. The molecule has 0 heterocycles. The van der Waals surface area contributed by atoms with Gasteiger partial charge in [-0.25, -0.2) is 0 Å². The molecule has 0 saturated heterocycles. The molecule has 6 heteroatoms. The second-order valence-corrected chi connectivity index (χ2v) is 6.06.